The number of rotatable bonds is 3. The molecule has 0 aliphatic carbocycles. The SMILES string of the molecule is C=CC.C=CC.OCCCO.OCCO. The van der Waals surface area contributed by atoms with E-state index < -0.39 is 0 Å². The number of allylic oxidation sites excluding steroid dienone is 2. The molecule has 4 heteroatoms. The van der Waals surface area contributed by atoms with Crippen molar-refractivity contribution in [2.24, 2.45) is 0 Å². The number of hydrogen-bond acceptors (Lipinski definition) is 4. The summed E-state index contributed by atoms with van der Waals surface area (Å²) in [5, 5.41) is 31.1. The van der Waals surface area contributed by atoms with Crippen molar-refractivity contribution in [3.63, 3.8) is 0 Å². The highest BCUT2D eigenvalue weighted by Gasteiger charge is 1.70. The summed E-state index contributed by atoms with van der Waals surface area (Å²) in [7, 11) is 0. The van der Waals surface area contributed by atoms with E-state index in [2.05, 4.69) is 13.2 Å². The van der Waals surface area contributed by atoms with Gasteiger partial charge in [-0.15, -0.1) is 13.2 Å². The molecular formula is C11H26O4. The second kappa shape index (κ2) is 50.6. The minimum absolute atomic E-state index is 0.0938. The van der Waals surface area contributed by atoms with Crippen LogP contribution < -0.4 is 0 Å². The summed E-state index contributed by atoms with van der Waals surface area (Å²) in [5.41, 5.74) is 0. The van der Waals surface area contributed by atoms with E-state index in [-0.39, 0.29) is 26.4 Å². The molecule has 0 spiro atoms. The van der Waals surface area contributed by atoms with Crippen LogP contribution in [0.15, 0.2) is 25.3 Å². The molecule has 0 aromatic rings. The lowest BCUT2D eigenvalue weighted by Crippen LogP contribution is -1.85. The first kappa shape index (κ1) is 23.9. The van der Waals surface area contributed by atoms with Crippen LogP contribution in [0, 0.1) is 0 Å². The van der Waals surface area contributed by atoms with Crippen molar-refractivity contribution in [3.05, 3.63) is 25.3 Å². The van der Waals surface area contributed by atoms with Crippen LogP contribution in [0.4, 0.5) is 0 Å². The molecule has 0 amide bonds. The van der Waals surface area contributed by atoms with Crippen LogP contribution in [0.5, 0.6) is 0 Å². The highest BCUT2D eigenvalue weighted by atomic mass is 16.3. The van der Waals surface area contributed by atoms with E-state index in [1.54, 1.807) is 12.2 Å². The Hall–Kier alpha value is -0.680. The van der Waals surface area contributed by atoms with Crippen LogP contribution in [-0.2, 0) is 0 Å². The maximum absolute atomic E-state index is 7.91. The quantitative estimate of drug-likeness (QED) is 0.530. The van der Waals surface area contributed by atoms with Gasteiger partial charge in [0.25, 0.3) is 0 Å². The summed E-state index contributed by atoms with van der Waals surface area (Å²) in [4.78, 5) is 0. The molecular weight excluding hydrogens is 196 g/mol. The van der Waals surface area contributed by atoms with Crippen molar-refractivity contribution in [2.45, 2.75) is 20.3 Å². The van der Waals surface area contributed by atoms with Gasteiger partial charge in [0.2, 0.25) is 0 Å². The Bertz CT molecular complexity index is 74.7. The molecule has 0 heterocycles. The summed E-state index contributed by atoms with van der Waals surface area (Å²) in [6.07, 6.45) is 4.00. The van der Waals surface area contributed by atoms with Crippen LogP contribution in [0.2, 0.25) is 0 Å². The average molecular weight is 222 g/mol. The van der Waals surface area contributed by atoms with Crippen molar-refractivity contribution in [1.29, 1.82) is 0 Å². The van der Waals surface area contributed by atoms with Gasteiger partial charge in [0.15, 0.2) is 0 Å². The molecule has 0 atom stereocenters. The third-order valence-corrected chi connectivity index (χ3v) is 0.416. The third kappa shape index (κ3) is 317. The summed E-state index contributed by atoms with van der Waals surface area (Å²) in [5.74, 6) is 0. The Kier molecular flexibility index (Phi) is 80.5. The van der Waals surface area contributed by atoms with E-state index in [0.29, 0.717) is 6.42 Å². The highest BCUT2D eigenvalue weighted by Crippen LogP contribution is 1.65. The van der Waals surface area contributed by atoms with E-state index >= 15 is 0 Å². The molecule has 0 aromatic carbocycles. The van der Waals surface area contributed by atoms with E-state index in [0.717, 1.165) is 0 Å². The Morgan fingerprint density at radius 2 is 0.933 bits per heavy atom. The van der Waals surface area contributed by atoms with Crippen LogP contribution in [-0.4, -0.2) is 46.9 Å². The molecule has 0 bridgehead atoms. The largest absolute Gasteiger partial charge is 0.396 e. The number of aliphatic hydroxyl groups excluding tert-OH is 4. The molecule has 0 radical (unpaired) electrons. The summed E-state index contributed by atoms with van der Waals surface area (Å²) >= 11 is 0. The molecule has 0 rings (SSSR count). The van der Waals surface area contributed by atoms with Gasteiger partial charge in [-0.25, -0.2) is 0 Å². The molecule has 0 saturated carbocycles. The van der Waals surface area contributed by atoms with Gasteiger partial charge in [-0.05, 0) is 20.3 Å². The first-order chi connectivity index (χ1) is 7.16. The van der Waals surface area contributed by atoms with Gasteiger partial charge < -0.3 is 20.4 Å². The van der Waals surface area contributed by atoms with Crippen molar-refractivity contribution in [1.82, 2.24) is 0 Å². The molecule has 0 aliphatic rings. The Morgan fingerprint density at radius 1 is 0.733 bits per heavy atom. The van der Waals surface area contributed by atoms with Crippen LogP contribution in [0.3, 0.4) is 0 Å². The van der Waals surface area contributed by atoms with E-state index in [9.17, 15) is 0 Å². The first-order valence-electron chi connectivity index (χ1n) is 4.74. The topological polar surface area (TPSA) is 80.9 Å². The minimum atomic E-state index is -0.125. The zero-order chi connectivity index (χ0) is 12.9. The smallest absolute Gasteiger partial charge is 0.0662 e. The first-order valence-corrected chi connectivity index (χ1v) is 4.74. The zero-order valence-electron chi connectivity index (χ0n) is 9.89. The summed E-state index contributed by atoms with van der Waals surface area (Å²) in [6, 6.07) is 0. The predicted octanol–water partition coefficient (Wildman–Crippen LogP) is 0.717. The normalized spacial score (nSPS) is 6.53. The fourth-order valence-electron chi connectivity index (χ4n) is 0.0707. The Labute approximate surface area is 93.2 Å². The second-order valence-corrected chi connectivity index (χ2v) is 2.06. The maximum atomic E-state index is 7.91. The third-order valence-electron chi connectivity index (χ3n) is 0.416. The summed E-state index contributed by atoms with van der Waals surface area (Å²) in [6.45, 7) is 10.4. The van der Waals surface area contributed by atoms with Crippen molar-refractivity contribution in [3.8, 4) is 0 Å². The van der Waals surface area contributed by atoms with Gasteiger partial charge in [0.1, 0.15) is 0 Å². The molecule has 4 N–H and O–H groups in total. The van der Waals surface area contributed by atoms with Crippen molar-refractivity contribution >= 4 is 0 Å². The lowest BCUT2D eigenvalue weighted by atomic mass is 10.5. The number of hydrogen-bond donors (Lipinski definition) is 4. The molecule has 94 valence electrons. The Balaban J connectivity index is -0.0000000553. The van der Waals surface area contributed by atoms with Gasteiger partial charge in [-0.3, -0.25) is 0 Å². The second-order valence-electron chi connectivity index (χ2n) is 2.06. The lowest BCUT2D eigenvalue weighted by molar-refractivity contribution is 0.186. The lowest BCUT2D eigenvalue weighted by Gasteiger charge is -1.79. The van der Waals surface area contributed by atoms with E-state index in [1.165, 1.54) is 0 Å². The maximum Gasteiger partial charge on any atom is 0.0662 e. The Morgan fingerprint density at radius 3 is 0.933 bits per heavy atom. The molecule has 0 fully saturated rings. The van der Waals surface area contributed by atoms with Gasteiger partial charge in [0.05, 0.1) is 13.2 Å². The standard InChI is InChI=1S/C3H8O2.2C3H6.C2H6O2/c4-2-1-3-5;2*1-3-2;3-1-2-4/h4-5H,1-3H2;2*3H,1H2,2H3;3-4H,1-2H2. The van der Waals surface area contributed by atoms with Crippen molar-refractivity contribution in [2.75, 3.05) is 26.4 Å². The van der Waals surface area contributed by atoms with Gasteiger partial charge >= 0.3 is 0 Å². The average Bonchev–Trinajstić information content (AvgIpc) is 2.22. The minimum Gasteiger partial charge on any atom is -0.396 e. The molecule has 0 aliphatic heterocycles. The van der Waals surface area contributed by atoms with E-state index in [1.807, 2.05) is 13.8 Å². The van der Waals surface area contributed by atoms with E-state index in [4.69, 9.17) is 20.4 Å². The van der Waals surface area contributed by atoms with Gasteiger partial charge in [0, 0.05) is 13.2 Å². The highest BCUT2D eigenvalue weighted by molar-refractivity contribution is 4.51. The van der Waals surface area contributed by atoms with Gasteiger partial charge in [-0.2, -0.15) is 0 Å². The fourth-order valence-corrected chi connectivity index (χ4v) is 0.0707. The number of aliphatic hydroxyl groups is 4. The predicted molar refractivity (Wildman–Crippen MR) is 64.7 cm³/mol. The van der Waals surface area contributed by atoms with Crippen LogP contribution in [0.25, 0.3) is 0 Å². The molecule has 0 unspecified atom stereocenters. The molecule has 4 nitrogen and oxygen atoms in total. The van der Waals surface area contributed by atoms with Crippen LogP contribution >= 0.6 is 0 Å². The fraction of sp³-hybridized carbons (Fsp3) is 0.636. The molecule has 0 aromatic heterocycles. The monoisotopic (exact) mass is 222 g/mol. The van der Waals surface area contributed by atoms with Gasteiger partial charge in [-0.1, -0.05) is 12.2 Å². The van der Waals surface area contributed by atoms with Crippen molar-refractivity contribution < 1.29 is 20.4 Å². The molecule has 0 saturated heterocycles. The van der Waals surface area contributed by atoms with Crippen LogP contribution in [0.1, 0.15) is 20.3 Å². The molecule has 15 heavy (non-hydrogen) atoms. The summed E-state index contributed by atoms with van der Waals surface area (Å²) < 4.78 is 0. The zero-order valence-corrected chi connectivity index (χ0v) is 9.89.